The van der Waals surface area contributed by atoms with Crippen molar-refractivity contribution in [2.24, 2.45) is 0 Å². The highest BCUT2D eigenvalue weighted by Crippen LogP contribution is 2.25. The van der Waals surface area contributed by atoms with Crippen molar-refractivity contribution in [2.45, 2.75) is 9.79 Å². The van der Waals surface area contributed by atoms with E-state index in [-0.39, 0.29) is 0 Å². The third kappa shape index (κ3) is 2.29. The van der Waals surface area contributed by atoms with Gasteiger partial charge in [0.05, 0.1) is 0 Å². The summed E-state index contributed by atoms with van der Waals surface area (Å²) in [5.74, 6) is 0. The molecule has 0 fully saturated rings. The third-order valence-corrected chi connectivity index (χ3v) is 2.89. The zero-order valence-corrected chi connectivity index (χ0v) is 8.01. The summed E-state index contributed by atoms with van der Waals surface area (Å²) in [5, 5.41) is 0. The number of aromatic nitrogens is 2. The van der Waals surface area contributed by atoms with Crippen LogP contribution < -0.4 is 0 Å². The largest absolute Gasteiger partial charge is 0.265 e. The van der Waals surface area contributed by atoms with Gasteiger partial charge in [-0.1, -0.05) is 0 Å². The van der Waals surface area contributed by atoms with Crippen LogP contribution in [0.5, 0.6) is 0 Å². The van der Waals surface area contributed by atoms with Crippen LogP contribution in [0.25, 0.3) is 0 Å². The smallest absolute Gasteiger partial charge is 0.0278 e. The van der Waals surface area contributed by atoms with Crippen LogP contribution in [0.4, 0.5) is 0 Å². The van der Waals surface area contributed by atoms with Crippen LogP contribution in [0.2, 0.25) is 0 Å². The standard InChI is InChI=1S/C10H10N2S/c1-5-11-6-2-9(1)13-10-3-7-12-8-4-10/h1-8H,13H2. The molecule has 0 saturated carbocycles. The van der Waals surface area contributed by atoms with E-state index in [0.29, 0.717) is 11.8 Å². The second-order valence-electron chi connectivity index (χ2n) is 2.60. The Labute approximate surface area is 81.1 Å². The summed E-state index contributed by atoms with van der Waals surface area (Å²) in [6, 6.07) is 8.16. The molecule has 0 radical (unpaired) electrons. The Bertz CT molecular complexity index is 324. The van der Waals surface area contributed by atoms with Gasteiger partial charge in [-0.15, -0.1) is 0 Å². The summed E-state index contributed by atoms with van der Waals surface area (Å²) in [5.41, 5.74) is 0. The molecule has 0 aliphatic heterocycles. The van der Waals surface area contributed by atoms with Crippen molar-refractivity contribution in [3.8, 4) is 0 Å². The SMILES string of the molecule is c1cc([SH2]c2ccncc2)ccn1. The summed E-state index contributed by atoms with van der Waals surface area (Å²) in [6.07, 6.45) is 7.29. The Balaban J connectivity index is 2.16. The number of hydrogen-bond donors (Lipinski definition) is 0. The van der Waals surface area contributed by atoms with Crippen molar-refractivity contribution in [3.05, 3.63) is 49.1 Å². The molecule has 2 aromatic rings. The minimum absolute atomic E-state index is 0.697. The highest BCUT2D eigenvalue weighted by molar-refractivity contribution is 7.99. The molecule has 0 aliphatic rings. The first kappa shape index (κ1) is 8.26. The molecule has 0 unspecified atom stereocenters. The highest BCUT2D eigenvalue weighted by Gasteiger charge is 1.90. The molecular weight excluding hydrogens is 180 g/mol. The second-order valence-corrected chi connectivity index (χ2v) is 4.00. The van der Waals surface area contributed by atoms with Crippen molar-refractivity contribution in [2.75, 3.05) is 0 Å². The number of hydrogen-bond acceptors (Lipinski definition) is 2. The predicted molar refractivity (Wildman–Crippen MR) is 55.4 cm³/mol. The van der Waals surface area contributed by atoms with Crippen molar-refractivity contribution >= 4 is 11.8 Å². The molecule has 0 spiro atoms. The maximum Gasteiger partial charge on any atom is 0.0278 e. The van der Waals surface area contributed by atoms with Crippen LogP contribution in [0, 0.1) is 0 Å². The lowest BCUT2D eigenvalue weighted by atomic mass is 10.5. The van der Waals surface area contributed by atoms with Crippen LogP contribution in [-0.2, 0) is 0 Å². The van der Waals surface area contributed by atoms with Crippen LogP contribution in [0.1, 0.15) is 0 Å². The van der Waals surface area contributed by atoms with Gasteiger partial charge in [0.1, 0.15) is 0 Å². The van der Waals surface area contributed by atoms with E-state index in [0.717, 1.165) is 0 Å². The maximum absolute atomic E-state index is 3.98. The van der Waals surface area contributed by atoms with Crippen molar-refractivity contribution in [1.82, 2.24) is 9.97 Å². The minimum atomic E-state index is 0.697. The van der Waals surface area contributed by atoms with E-state index in [1.54, 1.807) is 0 Å². The van der Waals surface area contributed by atoms with E-state index in [1.165, 1.54) is 9.79 Å². The van der Waals surface area contributed by atoms with Gasteiger partial charge in [-0.2, -0.15) is 0 Å². The Hall–Kier alpha value is -1.35. The summed E-state index contributed by atoms with van der Waals surface area (Å²) in [7, 11) is 0. The minimum Gasteiger partial charge on any atom is -0.265 e. The molecule has 3 heteroatoms. The Morgan fingerprint density at radius 3 is 1.46 bits per heavy atom. The van der Waals surface area contributed by atoms with Gasteiger partial charge in [-0.05, 0) is 34.1 Å². The Morgan fingerprint density at radius 2 is 1.08 bits per heavy atom. The van der Waals surface area contributed by atoms with Crippen molar-refractivity contribution in [3.63, 3.8) is 0 Å². The van der Waals surface area contributed by atoms with Gasteiger partial charge in [0, 0.05) is 24.8 Å². The highest BCUT2D eigenvalue weighted by atomic mass is 32.2. The molecule has 0 aromatic carbocycles. The molecule has 0 bridgehead atoms. The van der Waals surface area contributed by atoms with Crippen molar-refractivity contribution in [1.29, 1.82) is 0 Å². The number of rotatable bonds is 2. The molecule has 0 aliphatic carbocycles. The molecule has 0 saturated heterocycles. The van der Waals surface area contributed by atoms with E-state index in [9.17, 15) is 0 Å². The Morgan fingerprint density at radius 1 is 0.692 bits per heavy atom. The van der Waals surface area contributed by atoms with E-state index in [4.69, 9.17) is 0 Å². The van der Waals surface area contributed by atoms with Crippen molar-refractivity contribution < 1.29 is 0 Å². The summed E-state index contributed by atoms with van der Waals surface area (Å²) >= 11 is 0.697. The fraction of sp³-hybridized carbons (Fsp3) is 0. The zero-order valence-electron chi connectivity index (χ0n) is 7.01. The Kier molecular flexibility index (Phi) is 2.57. The first-order valence-electron chi connectivity index (χ1n) is 4.02. The van der Waals surface area contributed by atoms with E-state index < -0.39 is 0 Å². The van der Waals surface area contributed by atoms with Gasteiger partial charge < -0.3 is 0 Å². The van der Waals surface area contributed by atoms with Gasteiger partial charge >= 0.3 is 0 Å². The summed E-state index contributed by atoms with van der Waals surface area (Å²) < 4.78 is 0. The topological polar surface area (TPSA) is 25.8 Å². The maximum atomic E-state index is 3.98. The molecule has 0 amide bonds. The van der Waals surface area contributed by atoms with Crippen LogP contribution in [0.3, 0.4) is 0 Å². The quantitative estimate of drug-likeness (QED) is 0.724. The molecule has 66 valence electrons. The average Bonchev–Trinajstić information content (AvgIpc) is 2.21. The molecule has 2 heterocycles. The van der Waals surface area contributed by atoms with Gasteiger partial charge in [-0.3, -0.25) is 9.97 Å². The third-order valence-electron chi connectivity index (χ3n) is 1.65. The van der Waals surface area contributed by atoms with Gasteiger partial charge in [0.15, 0.2) is 0 Å². The zero-order chi connectivity index (χ0) is 8.93. The molecule has 2 rings (SSSR count). The molecule has 13 heavy (non-hydrogen) atoms. The molecule has 0 atom stereocenters. The monoisotopic (exact) mass is 190 g/mol. The lowest BCUT2D eigenvalue weighted by Crippen LogP contribution is -1.74. The van der Waals surface area contributed by atoms with E-state index in [1.807, 2.05) is 49.1 Å². The molecule has 0 N–H and O–H groups in total. The van der Waals surface area contributed by atoms with Gasteiger partial charge in [-0.25, -0.2) is 11.8 Å². The second kappa shape index (κ2) is 4.05. The summed E-state index contributed by atoms with van der Waals surface area (Å²) in [4.78, 5) is 10.6. The van der Waals surface area contributed by atoms with Crippen LogP contribution in [0.15, 0.2) is 58.8 Å². The van der Waals surface area contributed by atoms with E-state index in [2.05, 4.69) is 9.97 Å². The lowest BCUT2D eigenvalue weighted by Gasteiger charge is -2.02. The molecular formula is C10H10N2S. The first-order chi connectivity index (χ1) is 6.45. The van der Waals surface area contributed by atoms with Gasteiger partial charge in [0.25, 0.3) is 0 Å². The van der Waals surface area contributed by atoms with Crippen LogP contribution >= 0.6 is 11.8 Å². The lowest BCUT2D eigenvalue weighted by molar-refractivity contribution is 1.24. The van der Waals surface area contributed by atoms with Crippen LogP contribution in [-0.4, -0.2) is 9.97 Å². The number of nitrogens with zero attached hydrogens (tertiary/aromatic N) is 2. The number of pyridine rings is 2. The fourth-order valence-corrected chi connectivity index (χ4v) is 2.00. The van der Waals surface area contributed by atoms with E-state index >= 15 is 0 Å². The molecule has 2 aromatic heterocycles. The van der Waals surface area contributed by atoms with Gasteiger partial charge in [0.2, 0.25) is 0 Å². The normalized spacial score (nSPS) is 10.2. The first-order valence-corrected chi connectivity index (χ1v) is 5.02. The fourth-order valence-electron chi connectivity index (χ4n) is 1.04. The summed E-state index contributed by atoms with van der Waals surface area (Å²) in [6.45, 7) is 0. The molecule has 2 nitrogen and oxygen atoms in total. The average molecular weight is 190 g/mol. The predicted octanol–water partition coefficient (Wildman–Crippen LogP) is 2.09.